The van der Waals surface area contributed by atoms with E-state index in [1.807, 2.05) is 25.1 Å². The van der Waals surface area contributed by atoms with Crippen LogP contribution in [-0.4, -0.2) is 27.4 Å². The van der Waals surface area contributed by atoms with Crippen molar-refractivity contribution >= 4 is 33.0 Å². The second-order valence-corrected chi connectivity index (χ2v) is 9.47. The second kappa shape index (κ2) is 9.00. The van der Waals surface area contributed by atoms with Gasteiger partial charge in [-0.3, -0.25) is 9.52 Å². The molecule has 0 unspecified atom stereocenters. The number of sulfonamides is 1. The lowest BCUT2D eigenvalue weighted by atomic mass is 10.1. The standard InChI is InChI=1S/C24H24FN3O3S/c1-17-15-21(11-12-23(17)28-13-2-3-14-28)26-24(29)18-5-4-6-22(16-18)32(30,31)27-20-9-7-19(25)8-10-20/h4-12,15-16,27H,2-3,13-14H2,1H3,(H,26,29). The minimum atomic E-state index is -3.93. The highest BCUT2D eigenvalue weighted by molar-refractivity contribution is 7.92. The summed E-state index contributed by atoms with van der Waals surface area (Å²) in [6.07, 6.45) is 2.38. The van der Waals surface area contributed by atoms with Gasteiger partial charge in [0.1, 0.15) is 5.82 Å². The number of carbonyl (C=O) groups excluding carboxylic acids is 1. The van der Waals surface area contributed by atoms with E-state index in [2.05, 4.69) is 14.9 Å². The Kier molecular flexibility index (Phi) is 6.14. The van der Waals surface area contributed by atoms with Gasteiger partial charge in [-0.2, -0.15) is 0 Å². The fourth-order valence-corrected chi connectivity index (χ4v) is 4.89. The number of aryl methyl sites for hydroxylation is 1. The molecular weight excluding hydrogens is 429 g/mol. The van der Waals surface area contributed by atoms with Crippen molar-refractivity contribution in [2.24, 2.45) is 0 Å². The summed E-state index contributed by atoms with van der Waals surface area (Å²) >= 11 is 0. The van der Waals surface area contributed by atoms with E-state index in [0.29, 0.717) is 5.69 Å². The summed E-state index contributed by atoms with van der Waals surface area (Å²) in [5.74, 6) is -0.868. The van der Waals surface area contributed by atoms with E-state index in [-0.39, 0.29) is 16.1 Å². The maximum absolute atomic E-state index is 13.1. The summed E-state index contributed by atoms with van der Waals surface area (Å²) in [5.41, 5.74) is 3.33. The number of hydrogen-bond acceptors (Lipinski definition) is 4. The molecule has 0 radical (unpaired) electrons. The zero-order valence-electron chi connectivity index (χ0n) is 17.6. The highest BCUT2D eigenvalue weighted by Crippen LogP contribution is 2.27. The zero-order valence-corrected chi connectivity index (χ0v) is 18.5. The lowest BCUT2D eigenvalue weighted by Crippen LogP contribution is -2.19. The van der Waals surface area contributed by atoms with Crippen LogP contribution in [0.2, 0.25) is 0 Å². The maximum atomic E-state index is 13.1. The fraction of sp³-hybridized carbons (Fsp3) is 0.208. The van der Waals surface area contributed by atoms with Gasteiger partial charge < -0.3 is 10.2 Å². The van der Waals surface area contributed by atoms with Crippen molar-refractivity contribution in [3.63, 3.8) is 0 Å². The number of nitrogens with one attached hydrogen (secondary N) is 2. The molecule has 1 aliphatic rings. The second-order valence-electron chi connectivity index (χ2n) is 7.79. The number of rotatable bonds is 6. The Morgan fingerprint density at radius 2 is 1.62 bits per heavy atom. The molecule has 166 valence electrons. The predicted molar refractivity (Wildman–Crippen MR) is 124 cm³/mol. The van der Waals surface area contributed by atoms with E-state index < -0.39 is 21.7 Å². The molecule has 1 aliphatic heterocycles. The van der Waals surface area contributed by atoms with Gasteiger partial charge in [0, 0.05) is 35.7 Å². The van der Waals surface area contributed by atoms with Gasteiger partial charge in [0.15, 0.2) is 0 Å². The molecule has 6 nitrogen and oxygen atoms in total. The normalized spacial score (nSPS) is 13.8. The number of carbonyl (C=O) groups is 1. The van der Waals surface area contributed by atoms with E-state index in [4.69, 9.17) is 0 Å². The van der Waals surface area contributed by atoms with Gasteiger partial charge in [-0.15, -0.1) is 0 Å². The van der Waals surface area contributed by atoms with Gasteiger partial charge in [0.05, 0.1) is 4.90 Å². The van der Waals surface area contributed by atoms with Crippen molar-refractivity contribution in [1.29, 1.82) is 0 Å². The van der Waals surface area contributed by atoms with Crippen LogP contribution in [0.3, 0.4) is 0 Å². The molecule has 2 N–H and O–H groups in total. The molecule has 1 fully saturated rings. The summed E-state index contributed by atoms with van der Waals surface area (Å²) < 4.78 is 40.8. The Labute approximate surface area is 187 Å². The Balaban J connectivity index is 1.49. The quantitative estimate of drug-likeness (QED) is 0.563. The summed E-state index contributed by atoms with van der Waals surface area (Å²) in [5, 5.41) is 2.84. The Morgan fingerprint density at radius 3 is 2.31 bits per heavy atom. The van der Waals surface area contributed by atoms with E-state index in [0.717, 1.165) is 18.7 Å². The molecule has 0 saturated carbocycles. The first kappa shape index (κ1) is 21.8. The lowest BCUT2D eigenvalue weighted by molar-refractivity contribution is 0.102. The lowest BCUT2D eigenvalue weighted by Gasteiger charge is -2.20. The van der Waals surface area contributed by atoms with Crippen LogP contribution in [0.15, 0.2) is 71.6 Å². The average Bonchev–Trinajstić information content (AvgIpc) is 3.30. The van der Waals surface area contributed by atoms with Crippen molar-refractivity contribution < 1.29 is 17.6 Å². The van der Waals surface area contributed by atoms with Crippen molar-refractivity contribution in [3.05, 3.63) is 83.7 Å². The summed E-state index contributed by atoms with van der Waals surface area (Å²) in [6, 6.07) is 16.5. The Hall–Kier alpha value is -3.39. The number of halogens is 1. The molecule has 0 aromatic heterocycles. The topological polar surface area (TPSA) is 78.5 Å². The summed E-state index contributed by atoms with van der Waals surface area (Å²) in [7, 11) is -3.93. The number of nitrogens with zero attached hydrogens (tertiary/aromatic N) is 1. The van der Waals surface area contributed by atoms with Crippen molar-refractivity contribution in [2.45, 2.75) is 24.7 Å². The van der Waals surface area contributed by atoms with E-state index in [9.17, 15) is 17.6 Å². The van der Waals surface area contributed by atoms with E-state index in [1.165, 1.54) is 61.0 Å². The third-order valence-electron chi connectivity index (χ3n) is 5.40. The average molecular weight is 454 g/mol. The third kappa shape index (κ3) is 4.91. The largest absolute Gasteiger partial charge is 0.371 e. The first-order valence-corrected chi connectivity index (χ1v) is 11.9. The van der Waals surface area contributed by atoms with Crippen molar-refractivity contribution in [3.8, 4) is 0 Å². The molecule has 1 amide bonds. The zero-order chi connectivity index (χ0) is 22.7. The molecule has 0 atom stereocenters. The molecule has 3 aromatic carbocycles. The number of anilines is 3. The van der Waals surface area contributed by atoms with Gasteiger partial charge >= 0.3 is 0 Å². The molecule has 1 saturated heterocycles. The van der Waals surface area contributed by atoms with E-state index in [1.54, 1.807) is 6.07 Å². The highest BCUT2D eigenvalue weighted by atomic mass is 32.2. The van der Waals surface area contributed by atoms with Crippen LogP contribution in [0.4, 0.5) is 21.5 Å². The summed E-state index contributed by atoms with van der Waals surface area (Å²) in [4.78, 5) is 15.0. The molecule has 0 spiro atoms. The minimum absolute atomic E-state index is 0.0602. The Morgan fingerprint density at radius 1 is 0.938 bits per heavy atom. The molecule has 32 heavy (non-hydrogen) atoms. The minimum Gasteiger partial charge on any atom is -0.371 e. The molecule has 1 heterocycles. The predicted octanol–water partition coefficient (Wildman–Crippen LogP) is 4.79. The Bertz CT molecular complexity index is 1240. The van der Waals surface area contributed by atoms with Crippen LogP contribution in [0.25, 0.3) is 0 Å². The third-order valence-corrected chi connectivity index (χ3v) is 6.78. The van der Waals surface area contributed by atoms with Crippen LogP contribution in [0, 0.1) is 12.7 Å². The molecule has 0 aliphatic carbocycles. The van der Waals surface area contributed by atoms with Gasteiger partial charge in [0.2, 0.25) is 0 Å². The van der Waals surface area contributed by atoms with Crippen molar-refractivity contribution in [1.82, 2.24) is 0 Å². The molecule has 0 bridgehead atoms. The van der Waals surface area contributed by atoms with Crippen LogP contribution < -0.4 is 14.9 Å². The molecular formula is C24H24FN3O3S. The van der Waals surface area contributed by atoms with Crippen LogP contribution >= 0.6 is 0 Å². The molecule has 4 rings (SSSR count). The van der Waals surface area contributed by atoms with Gasteiger partial charge in [-0.05, 0) is 86.0 Å². The van der Waals surface area contributed by atoms with Gasteiger partial charge in [0.25, 0.3) is 15.9 Å². The number of hydrogen-bond donors (Lipinski definition) is 2. The highest BCUT2D eigenvalue weighted by Gasteiger charge is 2.18. The maximum Gasteiger partial charge on any atom is 0.261 e. The van der Waals surface area contributed by atoms with Gasteiger partial charge in [-0.1, -0.05) is 6.07 Å². The van der Waals surface area contributed by atoms with E-state index >= 15 is 0 Å². The van der Waals surface area contributed by atoms with Crippen LogP contribution in [-0.2, 0) is 10.0 Å². The molecule has 8 heteroatoms. The van der Waals surface area contributed by atoms with Gasteiger partial charge in [-0.25, -0.2) is 12.8 Å². The van der Waals surface area contributed by atoms with Crippen LogP contribution in [0.1, 0.15) is 28.8 Å². The van der Waals surface area contributed by atoms with Crippen LogP contribution in [0.5, 0.6) is 0 Å². The SMILES string of the molecule is Cc1cc(NC(=O)c2cccc(S(=O)(=O)Nc3ccc(F)cc3)c2)ccc1N1CCCC1. The first-order valence-electron chi connectivity index (χ1n) is 10.4. The number of benzene rings is 3. The van der Waals surface area contributed by atoms with Crippen molar-refractivity contribution in [2.75, 3.05) is 28.0 Å². The fourth-order valence-electron chi connectivity index (χ4n) is 3.79. The first-order chi connectivity index (χ1) is 15.3. The number of amides is 1. The molecule has 3 aromatic rings. The smallest absolute Gasteiger partial charge is 0.261 e. The monoisotopic (exact) mass is 453 g/mol. The summed E-state index contributed by atoms with van der Waals surface area (Å²) in [6.45, 7) is 4.09.